The van der Waals surface area contributed by atoms with Crippen LogP contribution in [0.25, 0.3) is 11.0 Å². The van der Waals surface area contributed by atoms with Crippen LogP contribution in [-0.2, 0) is 0 Å². The van der Waals surface area contributed by atoms with Gasteiger partial charge in [0.1, 0.15) is 0 Å². The fraction of sp³-hybridized carbons (Fsp3) is 0.143. The summed E-state index contributed by atoms with van der Waals surface area (Å²) in [5.74, 6) is -0.481. The van der Waals surface area contributed by atoms with Crippen molar-refractivity contribution in [3.05, 3.63) is 51.8 Å². The van der Waals surface area contributed by atoms with Crippen LogP contribution < -0.4 is 5.32 Å². The van der Waals surface area contributed by atoms with E-state index in [-0.39, 0.29) is 26.0 Å². The first-order valence-electron chi connectivity index (χ1n) is 6.18. The van der Waals surface area contributed by atoms with E-state index in [1.165, 1.54) is 12.1 Å². The second kappa shape index (κ2) is 5.93. The molecule has 2 aromatic carbocycles. The second-order valence-corrected chi connectivity index (χ2v) is 6.51. The molecule has 0 spiro atoms. The first kappa shape index (κ1) is 14.8. The van der Waals surface area contributed by atoms with Gasteiger partial charge in [0.05, 0.1) is 0 Å². The van der Waals surface area contributed by atoms with Gasteiger partial charge in [0, 0.05) is 0 Å². The van der Waals surface area contributed by atoms with Crippen molar-refractivity contribution in [1.82, 2.24) is 7.96 Å². The van der Waals surface area contributed by atoms with Gasteiger partial charge < -0.3 is 0 Å². The van der Waals surface area contributed by atoms with Gasteiger partial charge in [-0.3, -0.25) is 0 Å². The molecule has 0 saturated heterocycles. The van der Waals surface area contributed by atoms with Gasteiger partial charge in [0.15, 0.2) is 0 Å². The third-order valence-corrected chi connectivity index (χ3v) is 4.92. The van der Waals surface area contributed by atoms with Crippen molar-refractivity contribution in [3.8, 4) is 0 Å². The molecule has 0 fully saturated rings. The fourth-order valence-corrected chi connectivity index (χ4v) is 3.80. The van der Waals surface area contributed by atoms with Crippen molar-refractivity contribution in [1.29, 1.82) is 0 Å². The molecule has 0 bridgehead atoms. The van der Waals surface area contributed by atoms with Crippen LogP contribution in [0.3, 0.4) is 0 Å². The number of fused-ring (bicyclic) bond motifs is 1. The van der Waals surface area contributed by atoms with Gasteiger partial charge in [-0.1, -0.05) is 0 Å². The van der Waals surface area contributed by atoms with Crippen LogP contribution in [0.5, 0.6) is 0 Å². The van der Waals surface area contributed by atoms with Crippen molar-refractivity contribution >= 4 is 54.9 Å². The molecule has 1 N–H and O–H groups in total. The van der Waals surface area contributed by atoms with Gasteiger partial charge in [-0.15, -0.1) is 0 Å². The zero-order valence-corrected chi connectivity index (χ0v) is 14.1. The molecule has 3 nitrogen and oxygen atoms in total. The van der Waals surface area contributed by atoms with Crippen LogP contribution in [0.4, 0.5) is 10.1 Å². The van der Waals surface area contributed by atoms with Gasteiger partial charge >= 0.3 is 137 Å². The number of hydrogen-bond acceptors (Lipinski definition) is 3. The third kappa shape index (κ3) is 2.92. The van der Waals surface area contributed by atoms with E-state index < -0.39 is 5.82 Å². The molecule has 0 saturated carbocycles. The van der Waals surface area contributed by atoms with Gasteiger partial charge in [-0.25, -0.2) is 0 Å². The van der Waals surface area contributed by atoms with E-state index in [0.717, 1.165) is 16.7 Å². The van der Waals surface area contributed by atoms with Gasteiger partial charge in [0.2, 0.25) is 0 Å². The Morgan fingerprint density at radius 3 is 2.81 bits per heavy atom. The zero-order valence-electron chi connectivity index (χ0n) is 10.9. The minimum atomic E-state index is -0.481. The number of nitrogens with one attached hydrogen (secondary N) is 1. The van der Waals surface area contributed by atoms with Crippen LogP contribution in [0, 0.1) is 5.82 Å². The number of anilines is 1. The third-order valence-electron chi connectivity index (χ3n) is 3.16. The first-order valence-corrected chi connectivity index (χ1v) is 8.47. The Labute approximate surface area is 137 Å². The Morgan fingerprint density at radius 1 is 1.19 bits per heavy atom. The number of aromatic nitrogens is 2. The van der Waals surface area contributed by atoms with E-state index in [9.17, 15) is 4.39 Å². The molecule has 3 rings (SSSR count). The summed E-state index contributed by atoms with van der Waals surface area (Å²) in [5, 5.41) is 3.76. The normalized spacial score (nSPS) is 12.6. The quantitative estimate of drug-likeness (QED) is 0.536. The number of hydrogen-bond donors (Lipinski definition) is 1. The Kier molecular flexibility index (Phi) is 4.18. The molecule has 0 amide bonds. The average molecular weight is 389 g/mol. The fourth-order valence-electron chi connectivity index (χ4n) is 2.10. The number of nitrogens with zero attached hydrogens (tertiary/aromatic N) is 2. The Balaban J connectivity index is 1.95. The topological polar surface area (TPSA) is 37.8 Å². The van der Waals surface area contributed by atoms with Gasteiger partial charge in [-0.2, -0.15) is 0 Å². The molecule has 0 aliphatic carbocycles. The first-order chi connectivity index (χ1) is 10.1. The van der Waals surface area contributed by atoms with Crippen LogP contribution >= 0.6 is 23.2 Å². The Morgan fingerprint density at radius 2 is 2.00 bits per heavy atom. The number of halogens is 3. The maximum atomic E-state index is 13.6. The summed E-state index contributed by atoms with van der Waals surface area (Å²) in [6, 6.07) is 8.37. The average Bonchev–Trinajstić information content (AvgIpc) is 2.92. The Bertz CT molecular complexity index is 806. The predicted octanol–water partition coefficient (Wildman–Crippen LogP) is 4.31. The van der Waals surface area contributed by atoms with E-state index >= 15 is 0 Å². The minimum absolute atomic E-state index is 0.0213. The molecule has 7 heteroatoms. The zero-order chi connectivity index (χ0) is 15.0. The molecule has 0 aliphatic rings. The number of rotatable bonds is 3. The van der Waals surface area contributed by atoms with Crippen molar-refractivity contribution in [2.45, 2.75) is 13.0 Å². The molecule has 1 aromatic heterocycles. The standard InChI is InChI=1S/C14H10Cl2FN3Se/c1-7(8-5-11(17)10(16)6-9(8)15)18-12-3-2-4-13-14(12)20-21-19-13/h2-7,18H,1H3. The van der Waals surface area contributed by atoms with Gasteiger partial charge in [0.25, 0.3) is 0 Å². The maximum absolute atomic E-state index is 13.6. The summed E-state index contributed by atoms with van der Waals surface area (Å²) in [5.41, 5.74) is 3.27. The summed E-state index contributed by atoms with van der Waals surface area (Å²) in [4.78, 5) is 0. The molecule has 3 aromatic rings. The van der Waals surface area contributed by atoms with Crippen molar-refractivity contribution in [2.24, 2.45) is 0 Å². The van der Waals surface area contributed by atoms with E-state index in [4.69, 9.17) is 23.2 Å². The summed E-state index contributed by atoms with van der Waals surface area (Å²) >= 11 is 11.8. The molecular weight excluding hydrogens is 379 g/mol. The summed E-state index contributed by atoms with van der Waals surface area (Å²) in [6.07, 6.45) is 0. The van der Waals surface area contributed by atoms with Crippen LogP contribution in [0.15, 0.2) is 30.3 Å². The SMILES string of the molecule is CC(Nc1cccc2n[se]nc12)c1cc(F)c(Cl)cc1Cl. The molecule has 108 valence electrons. The number of benzene rings is 2. The van der Waals surface area contributed by atoms with Crippen LogP contribution in [0.2, 0.25) is 10.0 Å². The van der Waals surface area contributed by atoms with Crippen molar-refractivity contribution < 1.29 is 4.39 Å². The van der Waals surface area contributed by atoms with Crippen LogP contribution in [0.1, 0.15) is 18.5 Å². The summed E-state index contributed by atoms with van der Waals surface area (Å²) in [7, 11) is 0. The Hall–Kier alpha value is -1.13. The second-order valence-electron chi connectivity index (χ2n) is 4.59. The monoisotopic (exact) mass is 389 g/mol. The van der Waals surface area contributed by atoms with Crippen molar-refractivity contribution in [2.75, 3.05) is 5.32 Å². The van der Waals surface area contributed by atoms with Gasteiger partial charge in [-0.05, 0) is 0 Å². The molecule has 1 heterocycles. The predicted molar refractivity (Wildman–Crippen MR) is 84.9 cm³/mol. The molecule has 0 aliphatic heterocycles. The molecular formula is C14H10Cl2FN3Se. The van der Waals surface area contributed by atoms with E-state index in [1.54, 1.807) is 0 Å². The molecule has 1 atom stereocenters. The van der Waals surface area contributed by atoms with E-state index in [0.29, 0.717) is 10.6 Å². The van der Waals surface area contributed by atoms with E-state index in [2.05, 4.69) is 13.3 Å². The molecule has 1 unspecified atom stereocenters. The summed E-state index contributed by atoms with van der Waals surface area (Å²) in [6.45, 7) is 1.91. The van der Waals surface area contributed by atoms with Crippen LogP contribution in [-0.4, -0.2) is 22.9 Å². The summed E-state index contributed by atoms with van der Waals surface area (Å²) < 4.78 is 22.4. The molecule has 0 radical (unpaired) electrons. The van der Waals surface area contributed by atoms with E-state index in [1.807, 2.05) is 25.1 Å². The van der Waals surface area contributed by atoms with Crippen molar-refractivity contribution in [3.63, 3.8) is 0 Å². The molecule has 21 heavy (non-hydrogen) atoms.